The summed E-state index contributed by atoms with van der Waals surface area (Å²) in [5.41, 5.74) is 0.475. The van der Waals surface area contributed by atoms with Crippen LogP contribution in [0.5, 0.6) is 5.75 Å². The minimum absolute atomic E-state index is 0.453. The third kappa shape index (κ3) is 8.22. The van der Waals surface area contributed by atoms with Gasteiger partial charge in [-0.2, -0.15) is 4.89 Å². The maximum atomic E-state index is 12.2. The Kier molecular flexibility index (Phi) is 10.2. The lowest BCUT2D eigenvalue weighted by Crippen LogP contribution is -2.11. The number of carbonyl (C=O) groups excluding carboxylic acids is 1. The van der Waals surface area contributed by atoms with Crippen LogP contribution in [0.4, 0.5) is 0 Å². The summed E-state index contributed by atoms with van der Waals surface area (Å²) in [6.07, 6.45) is 14.9. The van der Waals surface area contributed by atoms with Crippen molar-refractivity contribution < 1.29 is 19.3 Å². The Morgan fingerprint density at radius 3 is 1.92 bits per heavy atom. The minimum atomic E-state index is -0.453. The molecule has 1 aromatic rings. The first kappa shape index (κ1) is 20.8. The smallest absolute Gasteiger partial charge is 0.373 e. The lowest BCUT2D eigenvalue weighted by molar-refractivity contribution is -0.237. The van der Waals surface area contributed by atoms with Crippen LogP contribution in [-0.2, 0) is 9.78 Å². The maximum absolute atomic E-state index is 12.2. The largest absolute Gasteiger partial charge is 0.494 e. The Bertz CT molecular complexity index is 485. The molecule has 4 nitrogen and oxygen atoms in total. The molecule has 0 aromatic heterocycles. The summed E-state index contributed by atoms with van der Waals surface area (Å²) in [6.45, 7) is 2.73. The molecule has 2 rings (SSSR count). The molecule has 0 saturated heterocycles. The molecule has 1 aromatic carbocycles. The first-order valence-electron chi connectivity index (χ1n) is 10.3. The molecule has 1 fully saturated rings. The minimum Gasteiger partial charge on any atom is -0.494 e. The van der Waals surface area contributed by atoms with E-state index in [0.29, 0.717) is 12.2 Å². The van der Waals surface area contributed by atoms with E-state index in [1.807, 2.05) is 0 Å². The van der Waals surface area contributed by atoms with Gasteiger partial charge in [0, 0.05) is 0 Å². The van der Waals surface area contributed by atoms with Crippen LogP contribution in [0.1, 0.15) is 94.3 Å². The van der Waals surface area contributed by atoms with Crippen LogP contribution in [0, 0.1) is 6.10 Å². The molecule has 1 aliphatic carbocycles. The third-order valence-electron chi connectivity index (χ3n) is 4.71. The fraction of sp³-hybridized carbons (Fsp3) is 0.636. The molecule has 0 amide bonds. The topological polar surface area (TPSA) is 44.8 Å². The van der Waals surface area contributed by atoms with Gasteiger partial charge in [0.25, 0.3) is 0 Å². The molecule has 0 N–H and O–H groups in total. The Morgan fingerprint density at radius 1 is 0.846 bits per heavy atom. The molecule has 0 atom stereocenters. The van der Waals surface area contributed by atoms with Crippen LogP contribution in [0.3, 0.4) is 0 Å². The van der Waals surface area contributed by atoms with Crippen molar-refractivity contribution in [2.24, 2.45) is 0 Å². The molecule has 0 spiro atoms. The summed E-state index contributed by atoms with van der Waals surface area (Å²) < 4.78 is 5.52. The average molecular weight is 362 g/mol. The van der Waals surface area contributed by atoms with E-state index in [0.717, 1.165) is 44.0 Å². The second-order valence-electron chi connectivity index (χ2n) is 7.05. The van der Waals surface area contributed by atoms with Gasteiger partial charge in [-0.1, -0.05) is 64.7 Å². The summed E-state index contributed by atoms with van der Waals surface area (Å²) >= 11 is 0. The molecule has 1 radical (unpaired) electrons. The molecule has 1 aliphatic rings. The lowest BCUT2D eigenvalue weighted by Gasteiger charge is -2.16. The molecule has 0 bridgehead atoms. The summed E-state index contributed by atoms with van der Waals surface area (Å²) in [7, 11) is 0. The predicted octanol–water partition coefficient (Wildman–Crippen LogP) is 6.40. The van der Waals surface area contributed by atoms with Gasteiger partial charge in [-0.3, -0.25) is 4.89 Å². The van der Waals surface area contributed by atoms with E-state index >= 15 is 0 Å². The van der Waals surface area contributed by atoms with Crippen molar-refractivity contribution in [1.29, 1.82) is 0 Å². The third-order valence-corrected chi connectivity index (χ3v) is 4.71. The first-order valence-corrected chi connectivity index (χ1v) is 10.3. The van der Waals surface area contributed by atoms with Crippen LogP contribution < -0.4 is 4.74 Å². The van der Waals surface area contributed by atoms with Crippen molar-refractivity contribution in [3.8, 4) is 5.75 Å². The molecule has 26 heavy (non-hydrogen) atoms. The molecule has 4 heteroatoms. The fourth-order valence-corrected chi connectivity index (χ4v) is 3.14. The highest BCUT2D eigenvalue weighted by Crippen LogP contribution is 2.24. The van der Waals surface area contributed by atoms with Crippen molar-refractivity contribution in [2.45, 2.75) is 84.0 Å². The summed E-state index contributed by atoms with van der Waals surface area (Å²) in [5.74, 6) is 0.309. The standard InChI is InChI=1S/C22H33O4/c1-2-18-24-20-16-14-19(15-17-20)22(23)26-25-21-12-10-8-6-4-3-5-7-9-11-13-21/h14-17H,2-13,18H2,1H3. The zero-order valence-corrected chi connectivity index (χ0v) is 16.1. The molecule has 0 aliphatic heterocycles. The fourth-order valence-electron chi connectivity index (χ4n) is 3.14. The Hall–Kier alpha value is -1.55. The number of hydrogen-bond acceptors (Lipinski definition) is 4. The van der Waals surface area contributed by atoms with E-state index in [4.69, 9.17) is 14.5 Å². The second-order valence-corrected chi connectivity index (χ2v) is 7.05. The number of benzene rings is 1. The van der Waals surface area contributed by atoms with Gasteiger partial charge < -0.3 is 4.74 Å². The number of rotatable bonds is 6. The molecule has 0 heterocycles. The van der Waals surface area contributed by atoms with Crippen molar-refractivity contribution in [3.63, 3.8) is 0 Å². The Morgan fingerprint density at radius 2 is 1.38 bits per heavy atom. The van der Waals surface area contributed by atoms with Gasteiger partial charge in [0.15, 0.2) is 0 Å². The van der Waals surface area contributed by atoms with Crippen molar-refractivity contribution in [1.82, 2.24) is 0 Å². The van der Waals surface area contributed by atoms with Crippen LogP contribution >= 0.6 is 0 Å². The van der Waals surface area contributed by atoms with E-state index in [1.165, 1.54) is 44.9 Å². The maximum Gasteiger partial charge on any atom is 0.373 e. The normalized spacial score (nSPS) is 17.7. The van der Waals surface area contributed by atoms with Gasteiger partial charge in [0.2, 0.25) is 0 Å². The monoisotopic (exact) mass is 361 g/mol. The zero-order chi connectivity index (χ0) is 18.5. The zero-order valence-electron chi connectivity index (χ0n) is 16.1. The van der Waals surface area contributed by atoms with Crippen LogP contribution in [-0.4, -0.2) is 12.6 Å². The van der Waals surface area contributed by atoms with Gasteiger partial charge in [0.05, 0.1) is 12.2 Å². The molecule has 0 unspecified atom stereocenters. The highest BCUT2D eigenvalue weighted by Gasteiger charge is 2.16. The van der Waals surface area contributed by atoms with E-state index in [9.17, 15) is 4.79 Å². The van der Waals surface area contributed by atoms with Gasteiger partial charge in [-0.25, -0.2) is 4.79 Å². The predicted molar refractivity (Wildman–Crippen MR) is 103 cm³/mol. The number of carbonyl (C=O) groups is 1. The van der Waals surface area contributed by atoms with Crippen LogP contribution in [0.25, 0.3) is 0 Å². The van der Waals surface area contributed by atoms with Crippen LogP contribution in [0.15, 0.2) is 24.3 Å². The first-order chi connectivity index (χ1) is 12.8. The summed E-state index contributed by atoms with van der Waals surface area (Å²) in [5, 5.41) is 0. The average Bonchev–Trinajstić information content (AvgIpc) is 2.66. The quantitative estimate of drug-likeness (QED) is 0.434. The van der Waals surface area contributed by atoms with E-state index in [1.54, 1.807) is 24.3 Å². The highest BCUT2D eigenvalue weighted by atomic mass is 17.2. The lowest BCUT2D eigenvalue weighted by atomic mass is 9.99. The highest BCUT2D eigenvalue weighted by molar-refractivity contribution is 5.89. The van der Waals surface area contributed by atoms with E-state index in [-0.39, 0.29) is 0 Å². The second kappa shape index (κ2) is 12.7. The molecule has 145 valence electrons. The SMILES string of the molecule is CCCOc1ccc(C(=O)OO[C]2CCCCCCCCCCC2)cc1. The van der Waals surface area contributed by atoms with Crippen LogP contribution in [0.2, 0.25) is 0 Å². The Labute approximate surface area is 158 Å². The molecular weight excluding hydrogens is 328 g/mol. The number of hydrogen-bond donors (Lipinski definition) is 0. The van der Waals surface area contributed by atoms with Gasteiger partial charge in [-0.15, -0.1) is 0 Å². The van der Waals surface area contributed by atoms with Crippen molar-refractivity contribution in [3.05, 3.63) is 35.9 Å². The van der Waals surface area contributed by atoms with E-state index in [2.05, 4.69) is 6.92 Å². The van der Waals surface area contributed by atoms with Crippen molar-refractivity contribution in [2.75, 3.05) is 6.61 Å². The molecule has 1 saturated carbocycles. The summed E-state index contributed by atoms with van der Waals surface area (Å²) in [6, 6.07) is 7.00. The number of ether oxygens (including phenoxy) is 1. The Balaban J connectivity index is 1.77. The molecular formula is C22H33O4. The van der Waals surface area contributed by atoms with E-state index < -0.39 is 5.97 Å². The van der Waals surface area contributed by atoms with Gasteiger partial charge in [0.1, 0.15) is 11.9 Å². The van der Waals surface area contributed by atoms with Gasteiger partial charge >= 0.3 is 5.97 Å². The van der Waals surface area contributed by atoms with Crippen molar-refractivity contribution >= 4 is 5.97 Å². The summed E-state index contributed by atoms with van der Waals surface area (Å²) in [4.78, 5) is 22.7. The van der Waals surface area contributed by atoms with Gasteiger partial charge in [-0.05, 0) is 43.5 Å².